The number of carbonyl (C=O) groups excluding carboxylic acids is 4. The summed E-state index contributed by atoms with van der Waals surface area (Å²) in [6.45, 7) is 0.919. The van der Waals surface area contributed by atoms with Gasteiger partial charge in [-0.25, -0.2) is 9.78 Å². The average Bonchev–Trinajstić information content (AvgIpc) is 3.74. The quantitative estimate of drug-likeness (QED) is 0.418. The zero-order valence-corrected chi connectivity index (χ0v) is 22.0. The van der Waals surface area contributed by atoms with Crippen molar-refractivity contribution in [1.82, 2.24) is 26.1 Å². The third-order valence-electron chi connectivity index (χ3n) is 6.81. The van der Waals surface area contributed by atoms with Gasteiger partial charge in [0.2, 0.25) is 11.8 Å². The fourth-order valence-corrected chi connectivity index (χ4v) is 4.63. The molecule has 0 spiro atoms. The molecule has 1 aromatic heterocycles. The summed E-state index contributed by atoms with van der Waals surface area (Å²) in [6.07, 6.45) is 1.80. The van der Waals surface area contributed by atoms with Crippen LogP contribution in [0.3, 0.4) is 0 Å². The van der Waals surface area contributed by atoms with Crippen molar-refractivity contribution in [2.75, 3.05) is 20.3 Å². The van der Waals surface area contributed by atoms with Crippen molar-refractivity contribution >= 4 is 35.4 Å². The van der Waals surface area contributed by atoms with Crippen molar-refractivity contribution in [3.05, 3.63) is 52.2 Å². The SMILES string of the molecule is COc1nc(C(=O)NNC(=O)C2CC2)c(O[C@H]2CCN3C(=O)OC[C@@H]3C2)cc1C(=O)NCc1ccc(Cl)cc1. The molecule has 0 radical (unpaired) electrons. The van der Waals surface area contributed by atoms with Crippen LogP contribution >= 0.6 is 11.6 Å². The van der Waals surface area contributed by atoms with E-state index in [1.54, 1.807) is 29.2 Å². The molecule has 206 valence electrons. The van der Waals surface area contributed by atoms with E-state index >= 15 is 0 Å². The first-order valence-electron chi connectivity index (χ1n) is 12.6. The molecular formula is C26H28ClN5O7. The number of ether oxygens (including phenoxy) is 3. The Balaban J connectivity index is 1.37. The second kappa shape index (κ2) is 11.4. The Hall–Kier alpha value is -4.06. The maximum atomic E-state index is 13.1. The number of amides is 4. The summed E-state index contributed by atoms with van der Waals surface area (Å²) in [5.41, 5.74) is 5.52. The fraction of sp³-hybridized carbons (Fsp3) is 0.423. The van der Waals surface area contributed by atoms with Gasteiger partial charge in [0, 0.05) is 42.9 Å². The highest BCUT2D eigenvalue weighted by molar-refractivity contribution is 6.30. The van der Waals surface area contributed by atoms with E-state index in [0.29, 0.717) is 24.4 Å². The molecule has 1 saturated carbocycles. The Bertz CT molecular complexity index is 1280. The predicted octanol–water partition coefficient (Wildman–Crippen LogP) is 2.21. The third kappa shape index (κ3) is 6.17. The number of fused-ring (bicyclic) bond motifs is 1. The summed E-state index contributed by atoms with van der Waals surface area (Å²) in [5, 5.41) is 3.39. The van der Waals surface area contributed by atoms with Crippen molar-refractivity contribution in [2.24, 2.45) is 5.92 Å². The lowest BCUT2D eigenvalue weighted by molar-refractivity contribution is -0.123. The van der Waals surface area contributed by atoms with Gasteiger partial charge in [0.1, 0.15) is 18.3 Å². The Morgan fingerprint density at radius 1 is 1.13 bits per heavy atom. The van der Waals surface area contributed by atoms with E-state index in [9.17, 15) is 19.2 Å². The van der Waals surface area contributed by atoms with Crippen LogP contribution in [0.2, 0.25) is 5.02 Å². The van der Waals surface area contributed by atoms with Crippen LogP contribution in [0.15, 0.2) is 30.3 Å². The van der Waals surface area contributed by atoms with E-state index in [-0.39, 0.29) is 66.1 Å². The molecule has 2 atom stereocenters. The Morgan fingerprint density at radius 3 is 2.62 bits per heavy atom. The highest BCUT2D eigenvalue weighted by Gasteiger charge is 2.39. The van der Waals surface area contributed by atoms with Crippen molar-refractivity contribution in [1.29, 1.82) is 0 Å². The van der Waals surface area contributed by atoms with E-state index in [1.165, 1.54) is 13.2 Å². The first kappa shape index (κ1) is 26.5. The number of aromatic nitrogens is 1. The van der Waals surface area contributed by atoms with Crippen molar-refractivity contribution < 1.29 is 33.4 Å². The second-order valence-electron chi connectivity index (χ2n) is 9.61. The Labute approximate surface area is 229 Å². The molecule has 3 heterocycles. The van der Waals surface area contributed by atoms with E-state index in [1.807, 2.05) is 0 Å². The maximum absolute atomic E-state index is 13.1. The van der Waals surface area contributed by atoms with E-state index in [4.69, 9.17) is 25.8 Å². The molecule has 2 aliphatic heterocycles. The Kier molecular flexibility index (Phi) is 7.73. The molecule has 0 bridgehead atoms. The van der Waals surface area contributed by atoms with Crippen LogP contribution in [0, 0.1) is 5.92 Å². The van der Waals surface area contributed by atoms with E-state index in [2.05, 4.69) is 21.2 Å². The van der Waals surface area contributed by atoms with Gasteiger partial charge >= 0.3 is 6.09 Å². The monoisotopic (exact) mass is 557 g/mol. The van der Waals surface area contributed by atoms with Gasteiger partial charge in [0.05, 0.1) is 13.2 Å². The highest BCUT2D eigenvalue weighted by atomic mass is 35.5. The number of hydrazine groups is 1. The smallest absolute Gasteiger partial charge is 0.410 e. The van der Waals surface area contributed by atoms with Gasteiger partial charge in [0.15, 0.2) is 11.4 Å². The average molecular weight is 558 g/mol. The van der Waals surface area contributed by atoms with Gasteiger partial charge < -0.3 is 24.4 Å². The number of carbonyl (C=O) groups is 4. The number of piperidine rings is 1. The van der Waals surface area contributed by atoms with Crippen molar-refractivity contribution in [3.8, 4) is 11.6 Å². The number of hydrogen-bond donors (Lipinski definition) is 3. The van der Waals surface area contributed by atoms with Crippen LogP contribution in [-0.4, -0.2) is 66.1 Å². The lowest BCUT2D eigenvalue weighted by Crippen LogP contribution is -2.45. The number of pyridine rings is 1. The standard InChI is InChI=1S/C26H28ClN5O7/c1-37-25-19(23(34)28-12-14-2-6-16(27)7-3-14)11-20(21(29-25)24(35)31-30-22(33)15-4-5-15)39-18-8-9-32-17(10-18)13-38-26(32)36/h2-3,6-7,11,15,17-18H,4-5,8-10,12-13H2,1H3,(H,28,34)(H,30,33)(H,31,35)/t17-,18-/m0/s1. The molecular weight excluding hydrogens is 530 g/mol. The molecule has 3 N–H and O–H groups in total. The molecule has 5 rings (SSSR count). The minimum atomic E-state index is -0.720. The zero-order valence-electron chi connectivity index (χ0n) is 21.2. The number of rotatable bonds is 8. The van der Waals surface area contributed by atoms with Crippen molar-refractivity contribution in [3.63, 3.8) is 0 Å². The topological polar surface area (TPSA) is 148 Å². The molecule has 1 aliphatic carbocycles. The van der Waals surface area contributed by atoms with Gasteiger partial charge in [-0.2, -0.15) is 0 Å². The number of benzene rings is 1. The van der Waals surface area contributed by atoms with E-state index in [0.717, 1.165) is 18.4 Å². The molecule has 2 aromatic rings. The zero-order chi connectivity index (χ0) is 27.5. The number of cyclic esters (lactones) is 1. The van der Waals surface area contributed by atoms with Gasteiger partial charge in [-0.15, -0.1) is 0 Å². The number of halogens is 1. The summed E-state index contributed by atoms with van der Waals surface area (Å²) in [5.74, 6) is -1.64. The summed E-state index contributed by atoms with van der Waals surface area (Å²) in [6, 6.07) is 8.30. The third-order valence-corrected chi connectivity index (χ3v) is 7.07. The first-order chi connectivity index (χ1) is 18.8. The number of nitrogens with one attached hydrogen (secondary N) is 3. The van der Waals surface area contributed by atoms with Gasteiger partial charge in [-0.05, 0) is 30.5 Å². The van der Waals surface area contributed by atoms with Gasteiger partial charge in [-0.1, -0.05) is 23.7 Å². The van der Waals surface area contributed by atoms with Gasteiger partial charge in [0.25, 0.3) is 11.8 Å². The maximum Gasteiger partial charge on any atom is 0.410 e. The summed E-state index contributed by atoms with van der Waals surface area (Å²) in [4.78, 5) is 56.1. The van der Waals surface area contributed by atoms with Gasteiger partial charge in [-0.3, -0.25) is 25.2 Å². The largest absolute Gasteiger partial charge is 0.488 e. The lowest BCUT2D eigenvalue weighted by atomic mass is 10.0. The van der Waals surface area contributed by atoms with Crippen molar-refractivity contribution in [2.45, 2.75) is 44.4 Å². The minimum Gasteiger partial charge on any atom is -0.488 e. The molecule has 3 fully saturated rings. The van der Waals surface area contributed by atoms with Crippen LogP contribution in [-0.2, 0) is 16.1 Å². The number of nitrogens with zero attached hydrogens (tertiary/aromatic N) is 2. The number of hydrogen-bond acceptors (Lipinski definition) is 8. The first-order valence-corrected chi connectivity index (χ1v) is 13.0. The summed E-state index contributed by atoms with van der Waals surface area (Å²) >= 11 is 5.93. The second-order valence-corrected chi connectivity index (χ2v) is 10.0. The van der Waals surface area contributed by atoms with Crippen LogP contribution < -0.4 is 25.6 Å². The number of methoxy groups -OCH3 is 1. The molecule has 39 heavy (non-hydrogen) atoms. The van der Waals surface area contributed by atoms with Crippen LogP contribution in [0.25, 0.3) is 0 Å². The summed E-state index contributed by atoms with van der Waals surface area (Å²) < 4.78 is 16.7. The molecule has 3 aliphatic rings. The van der Waals surface area contributed by atoms with E-state index < -0.39 is 11.8 Å². The molecule has 13 heteroatoms. The molecule has 4 amide bonds. The predicted molar refractivity (Wildman–Crippen MR) is 137 cm³/mol. The minimum absolute atomic E-state index is 0.0503. The lowest BCUT2D eigenvalue weighted by Gasteiger charge is -2.32. The van der Waals surface area contributed by atoms with Crippen LogP contribution in [0.5, 0.6) is 11.6 Å². The molecule has 2 saturated heterocycles. The Morgan fingerprint density at radius 2 is 1.90 bits per heavy atom. The normalized spacial score (nSPS) is 19.9. The van der Waals surface area contributed by atoms with Crippen LogP contribution in [0.4, 0.5) is 4.79 Å². The fourth-order valence-electron chi connectivity index (χ4n) is 4.50. The molecule has 1 aromatic carbocycles. The summed E-state index contributed by atoms with van der Waals surface area (Å²) in [7, 11) is 1.34. The van der Waals surface area contributed by atoms with Crippen LogP contribution in [0.1, 0.15) is 52.1 Å². The molecule has 12 nitrogen and oxygen atoms in total. The highest BCUT2D eigenvalue weighted by Crippen LogP contribution is 2.31. The molecule has 0 unspecified atom stereocenters.